The summed E-state index contributed by atoms with van der Waals surface area (Å²) in [6.07, 6.45) is 4.63. The molecule has 2 unspecified atom stereocenters. The highest BCUT2D eigenvalue weighted by Crippen LogP contribution is 2.42. The van der Waals surface area contributed by atoms with Gasteiger partial charge in [0, 0.05) is 11.3 Å². The van der Waals surface area contributed by atoms with Crippen LogP contribution in [0.5, 0.6) is 0 Å². The number of carbonyl (C=O) groups is 2. The number of carboxylic acids is 1. The van der Waals surface area contributed by atoms with Crippen LogP contribution in [-0.2, 0) is 9.59 Å². The lowest BCUT2D eigenvalue weighted by molar-refractivity contribution is -0.147. The monoisotopic (exact) mass is 333 g/mol. The van der Waals surface area contributed by atoms with Crippen molar-refractivity contribution in [3.63, 3.8) is 0 Å². The van der Waals surface area contributed by atoms with Crippen molar-refractivity contribution in [3.05, 3.63) is 53.9 Å². The van der Waals surface area contributed by atoms with Gasteiger partial charge in [0.25, 0.3) is 5.91 Å². The van der Waals surface area contributed by atoms with Gasteiger partial charge in [0.05, 0.1) is 12.5 Å². The zero-order chi connectivity index (χ0) is 16.4. The van der Waals surface area contributed by atoms with Crippen molar-refractivity contribution in [2.75, 3.05) is 5.75 Å². The average Bonchev–Trinajstić information content (AvgIpc) is 3.26. The molecule has 0 saturated carbocycles. The summed E-state index contributed by atoms with van der Waals surface area (Å²) in [7, 11) is 0. The first-order valence-electron chi connectivity index (χ1n) is 7.00. The highest BCUT2D eigenvalue weighted by atomic mass is 32.2. The Balaban J connectivity index is 1.91. The predicted octanol–water partition coefficient (Wildman–Crippen LogP) is 3.00. The van der Waals surface area contributed by atoms with Crippen LogP contribution in [0.4, 0.5) is 0 Å². The van der Waals surface area contributed by atoms with Gasteiger partial charge in [-0.05, 0) is 37.3 Å². The van der Waals surface area contributed by atoms with Gasteiger partial charge in [0.15, 0.2) is 0 Å². The van der Waals surface area contributed by atoms with Gasteiger partial charge in [-0.15, -0.1) is 11.8 Å². The zero-order valence-corrected chi connectivity index (χ0v) is 13.2. The van der Waals surface area contributed by atoms with Crippen molar-refractivity contribution < 1.29 is 23.5 Å². The molecule has 6 nitrogen and oxygen atoms in total. The van der Waals surface area contributed by atoms with Crippen molar-refractivity contribution in [2.45, 2.75) is 18.3 Å². The van der Waals surface area contributed by atoms with Crippen molar-refractivity contribution >= 4 is 29.7 Å². The molecule has 2 aromatic rings. The Bertz CT molecular complexity index is 720. The second kappa shape index (κ2) is 6.37. The summed E-state index contributed by atoms with van der Waals surface area (Å²) in [5, 5.41) is 8.96. The second-order valence-corrected chi connectivity index (χ2v) is 6.22. The van der Waals surface area contributed by atoms with Gasteiger partial charge in [0.2, 0.25) is 0 Å². The average molecular weight is 333 g/mol. The van der Waals surface area contributed by atoms with E-state index in [0.717, 1.165) is 0 Å². The van der Waals surface area contributed by atoms with Gasteiger partial charge < -0.3 is 18.8 Å². The number of hydrogen-bond acceptors (Lipinski definition) is 5. The molecule has 0 aliphatic carbocycles. The van der Waals surface area contributed by atoms with Gasteiger partial charge >= 0.3 is 5.97 Å². The van der Waals surface area contributed by atoms with E-state index >= 15 is 0 Å². The lowest BCUT2D eigenvalue weighted by atomic mass is 10.1. The molecule has 1 aliphatic rings. The molecule has 2 aromatic heterocycles. The van der Waals surface area contributed by atoms with E-state index in [4.69, 9.17) is 8.83 Å². The number of aliphatic carboxylic acids is 1. The first-order chi connectivity index (χ1) is 11.1. The third-order valence-corrected chi connectivity index (χ3v) is 4.83. The van der Waals surface area contributed by atoms with E-state index in [2.05, 4.69) is 0 Å². The minimum absolute atomic E-state index is 0.320. The summed E-state index contributed by atoms with van der Waals surface area (Å²) < 4.78 is 10.6. The first-order valence-corrected chi connectivity index (χ1v) is 8.05. The van der Waals surface area contributed by atoms with Crippen LogP contribution in [0.15, 0.2) is 51.2 Å². The lowest BCUT2D eigenvalue weighted by Crippen LogP contribution is -2.43. The number of carbonyl (C=O) groups excluding carboxylic acids is 1. The van der Waals surface area contributed by atoms with Gasteiger partial charge in [-0.1, -0.05) is 0 Å². The molecule has 0 aromatic carbocycles. The van der Waals surface area contributed by atoms with Gasteiger partial charge in [-0.2, -0.15) is 0 Å². The van der Waals surface area contributed by atoms with Crippen LogP contribution in [0, 0.1) is 0 Å². The predicted molar refractivity (Wildman–Crippen MR) is 84.5 cm³/mol. The van der Waals surface area contributed by atoms with Gasteiger partial charge in [-0.25, -0.2) is 4.79 Å². The zero-order valence-electron chi connectivity index (χ0n) is 12.3. The van der Waals surface area contributed by atoms with E-state index in [1.807, 2.05) is 0 Å². The molecule has 1 N–H and O–H groups in total. The Morgan fingerprint density at radius 3 is 2.65 bits per heavy atom. The van der Waals surface area contributed by atoms with Gasteiger partial charge in [0.1, 0.15) is 22.9 Å². The minimum Gasteiger partial charge on any atom is -0.480 e. The Morgan fingerprint density at radius 1 is 1.30 bits per heavy atom. The maximum atomic E-state index is 12.8. The van der Waals surface area contributed by atoms with Crippen LogP contribution in [-0.4, -0.2) is 33.7 Å². The second-order valence-electron chi connectivity index (χ2n) is 5.11. The fourth-order valence-electron chi connectivity index (χ4n) is 2.45. The quantitative estimate of drug-likeness (QED) is 0.866. The lowest BCUT2D eigenvalue weighted by Gasteiger charge is -2.26. The first kappa shape index (κ1) is 15.5. The third-order valence-electron chi connectivity index (χ3n) is 3.55. The molecule has 2 atom stereocenters. The van der Waals surface area contributed by atoms with Crippen molar-refractivity contribution in [3.8, 4) is 0 Å². The Morgan fingerprint density at radius 2 is 2.04 bits per heavy atom. The summed E-state index contributed by atoms with van der Waals surface area (Å²) >= 11 is 1.38. The number of nitrogens with zero attached hydrogens (tertiary/aromatic N) is 1. The number of furan rings is 2. The van der Waals surface area contributed by atoms with Crippen LogP contribution in [0.1, 0.15) is 23.8 Å². The molecule has 23 heavy (non-hydrogen) atoms. The molecule has 0 radical (unpaired) electrons. The normalized spacial score (nSPS) is 21.6. The molecule has 7 heteroatoms. The maximum absolute atomic E-state index is 12.8. The SMILES string of the molecule is C/C(=C\c1ccco1)C(=O)N1C(C(=O)O)CSC1c1ccco1. The number of rotatable bonds is 4. The summed E-state index contributed by atoms with van der Waals surface area (Å²) in [5.41, 5.74) is 0.408. The molecule has 3 heterocycles. The smallest absolute Gasteiger partial charge is 0.327 e. The summed E-state index contributed by atoms with van der Waals surface area (Å²) in [4.78, 5) is 25.6. The topological polar surface area (TPSA) is 83.9 Å². The molecule has 1 saturated heterocycles. The summed E-state index contributed by atoms with van der Waals surface area (Å²) in [5.74, 6) is 0.0634. The summed E-state index contributed by atoms with van der Waals surface area (Å²) in [6.45, 7) is 1.64. The Kier molecular flexibility index (Phi) is 4.29. The molecule has 3 rings (SSSR count). The molecule has 0 bridgehead atoms. The maximum Gasteiger partial charge on any atom is 0.327 e. The minimum atomic E-state index is -1.02. The number of hydrogen-bond donors (Lipinski definition) is 1. The van der Waals surface area contributed by atoms with Crippen LogP contribution >= 0.6 is 11.8 Å². The van der Waals surface area contributed by atoms with Crippen molar-refractivity contribution in [1.29, 1.82) is 0 Å². The third kappa shape index (κ3) is 3.05. The van der Waals surface area contributed by atoms with Crippen LogP contribution in [0.25, 0.3) is 6.08 Å². The molecule has 1 fully saturated rings. The van der Waals surface area contributed by atoms with E-state index < -0.39 is 17.4 Å². The number of thioether (sulfide) groups is 1. The molecule has 1 amide bonds. The van der Waals surface area contributed by atoms with Gasteiger partial charge in [-0.3, -0.25) is 4.79 Å². The molecule has 1 aliphatic heterocycles. The number of amides is 1. The van der Waals surface area contributed by atoms with E-state index in [9.17, 15) is 14.7 Å². The molecular formula is C16H15NO5S. The molecule has 0 spiro atoms. The van der Waals surface area contributed by atoms with Crippen LogP contribution < -0.4 is 0 Å². The van der Waals surface area contributed by atoms with Crippen LogP contribution in [0.2, 0.25) is 0 Å². The Labute approximate surface area is 136 Å². The largest absolute Gasteiger partial charge is 0.480 e. The fraction of sp³-hybridized carbons (Fsp3) is 0.250. The van der Waals surface area contributed by atoms with E-state index in [1.165, 1.54) is 29.2 Å². The van der Waals surface area contributed by atoms with Crippen molar-refractivity contribution in [2.24, 2.45) is 0 Å². The van der Waals surface area contributed by atoms with E-state index in [0.29, 0.717) is 22.8 Å². The highest BCUT2D eigenvalue weighted by Gasteiger charge is 2.43. The van der Waals surface area contributed by atoms with E-state index in [-0.39, 0.29) is 5.91 Å². The molecule has 120 valence electrons. The summed E-state index contributed by atoms with van der Waals surface area (Å²) in [6, 6.07) is 6.03. The van der Waals surface area contributed by atoms with E-state index in [1.54, 1.807) is 37.3 Å². The standard InChI is InChI=1S/C16H15NO5S/c1-10(8-11-4-2-6-21-11)14(18)17-12(16(19)20)9-23-15(17)13-5-3-7-22-13/h2-8,12,15H,9H2,1H3,(H,19,20)/b10-8+. The van der Waals surface area contributed by atoms with Crippen LogP contribution in [0.3, 0.4) is 0 Å². The van der Waals surface area contributed by atoms with Crippen molar-refractivity contribution in [1.82, 2.24) is 4.90 Å². The number of carboxylic acid groups (broad SMARTS) is 1. The Hall–Kier alpha value is -2.41. The molecular weight excluding hydrogens is 318 g/mol. The fourth-order valence-corrected chi connectivity index (χ4v) is 3.82. The highest BCUT2D eigenvalue weighted by molar-refractivity contribution is 7.99.